The number of rotatable bonds is 8. The van der Waals surface area contributed by atoms with Crippen LogP contribution in [-0.4, -0.2) is 53.4 Å². The van der Waals surface area contributed by atoms with Gasteiger partial charge < -0.3 is 18.9 Å². The molecule has 0 aliphatic heterocycles. The largest absolute Gasteiger partial charge is 0.493 e. The Balaban J connectivity index is 1.71. The standard InChI is InChI=1S/C24H24N4O6/c1-5-34-20(29)10-14-6-8-16(9-7-14)28-23-22(27-24(28)30)26-17(13-25-23)15-11-18(31-2)21(33-4)19(12-15)32-3/h6-9,11-13H,5,10H2,1-4H3,(H,26,27,30). The number of methoxy groups -OCH3 is 3. The highest BCUT2D eigenvalue weighted by atomic mass is 16.5. The minimum absolute atomic E-state index is 0.162. The van der Waals surface area contributed by atoms with Gasteiger partial charge in [-0.25, -0.2) is 19.3 Å². The number of fused-ring (bicyclic) bond motifs is 1. The quantitative estimate of drug-likeness (QED) is 0.396. The molecule has 0 amide bonds. The number of carbonyl (C=O) groups is 1. The molecule has 0 saturated carbocycles. The number of nitrogens with one attached hydrogen (secondary N) is 1. The molecule has 0 radical (unpaired) electrons. The van der Waals surface area contributed by atoms with Crippen molar-refractivity contribution in [2.24, 2.45) is 0 Å². The summed E-state index contributed by atoms with van der Waals surface area (Å²) in [6.45, 7) is 2.09. The highest BCUT2D eigenvalue weighted by Crippen LogP contribution is 2.40. The van der Waals surface area contributed by atoms with Crippen molar-refractivity contribution in [3.8, 4) is 34.2 Å². The summed E-state index contributed by atoms with van der Waals surface area (Å²) in [4.78, 5) is 36.2. The number of benzene rings is 2. The molecule has 0 fully saturated rings. The molecule has 1 N–H and O–H groups in total. The van der Waals surface area contributed by atoms with Gasteiger partial charge in [-0.3, -0.25) is 9.78 Å². The SMILES string of the molecule is CCOC(=O)Cc1ccc(-n2c(=O)[nH]c3nc(-c4cc(OC)c(OC)c(OC)c4)cnc32)cc1. The molecule has 0 saturated heterocycles. The Morgan fingerprint density at radius 3 is 2.29 bits per heavy atom. The van der Waals surface area contributed by atoms with E-state index in [1.807, 2.05) is 0 Å². The minimum atomic E-state index is -0.379. The molecular weight excluding hydrogens is 440 g/mol. The Morgan fingerprint density at radius 2 is 1.71 bits per heavy atom. The molecule has 0 bridgehead atoms. The van der Waals surface area contributed by atoms with Crippen LogP contribution < -0.4 is 19.9 Å². The van der Waals surface area contributed by atoms with Crippen molar-refractivity contribution in [1.29, 1.82) is 0 Å². The summed E-state index contributed by atoms with van der Waals surface area (Å²) in [7, 11) is 4.60. The fourth-order valence-electron chi connectivity index (χ4n) is 3.63. The average Bonchev–Trinajstić information content (AvgIpc) is 3.18. The zero-order chi connectivity index (χ0) is 24.2. The van der Waals surface area contributed by atoms with E-state index in [2.05, 4.69) is 15.0 Å². The van der Waals surface area contributed by atoms with Crippen molar-refractivity contribution in [3.63, 3.8) is 0 Å². The van der Waals surface area contributed by atoms with Crippen molar-refractivity contribution in [1.82, 2.24) is 19.5 Å². The number of H-pyrrole nitrogens is 1. The summed E-state index contributed by atoms with van der Waals surface area (Å²) < 4.78 is 22.6. The van der Waals surface area contributed by atoms with Crippen LogP contribution in [0.2, 0.25) is 0 Å². The van der Waals surface area contributed by atoms with Gasteiger partial charge in [0.15, 0.2) is 22.8 Å². The van der Waals surface area contributed by atoms with E-state index in [1.54, 1.807) is 49.5 Å². The molecule has 0 unspecified atom stereocenters. The van der Waals surface area contributed by atoms with Crippen LogP contribution in [0.1, 0.15) is 12.5 Å². The molecule has 10 nitrogen and oxygen atoms in total. The lowest BCUT2D eigenvalue weighted by atomic mass is 10.1. The first-order valence-corrected chi connectivity index (χ1v) is 10.5. The summed E-state index contributed by atoms with van der Waals surface area (Å²) in [6.07, 6.45) is 1.73. The molecule has 176 valence electrons. The number of esters is 1. The first kappa shape index (κ1) is 22.8. The number of aromatic nitrogens is 4. The first-order valence-electron chi connectivity index (χ1n) is 10.5. The van der Waals surface area contributed by atoms with Crippen molar-refractivity contribution >= 4 is 17.3 Å². The van der Waals surface area contributed by atoms with Gasteiger partial charge in [0.1, 0.15) is 0 Å². The predicted octanol–water partition coefficient (Wildman–Crippen LogP) is 2.91. The second-order valence-corrected chi connectivity index (χ2v) is 7.26. The summed E-state index contributed by atoms with van der Waals surface area (Å²) in [5, 5.41) is 0. The third-order valence-electron chi connectivity index (χ3n) is 5.20. The molecule has 2 aromatic carbocycles. The van der Waals surface area contributed by atoms with Gasteiger partial charge in [-0.05, 0) is 36.8 Å². The van der Waals surface area contributed by atoms with Crippen LogP contribution in [0.25, 0.3) is 28.2 Å². The van der Waals surface area contributed by atoms with Crippen molar-refractivity contribution < 1.29 is 23.7 Å². The third kappa shape index (κ3) is 4.29. The third-order valence-corrected chi connectivity index (χ3v) is 5.20. The van der Waals surface area contributed by atoms with E-state index >= 15 is 0 Å². The average molecular weight is 464 g/mol. The number of nitrogens with zero attached hydrogens (tertiary/aromatic N) is 3. The van der Waals surface area contributed by atoms with Crippen LogP contribution in [0, 0.1) is 0 Å². The first-order chi connectivity index (χ1) is 16.5. The molecule has 0 atom stereocenters. The lowest BCUT2D eigenvalue weighted by molar-refractivity contribution is -0.142. The topological polar surface area (TPSA) is 118 Å². The van der Waals surface area contributed by atoms with E-state index in [-0.39, 0.29) is 18.1 Å². The smallest absolute Gasteiger partial charge is 0.333 e. The van der Waals surface area contributed by atoms with Gasteiger partial charge in [-0.15, -0.1) is 0 Å². The normalized spacial score (nSPS) is 10.8. The summed E-state index contributed by atoms with van der Waals surface area (Å²) >= 11 is 0. The van der Waals surface area contributed by atoms with Gasteiger partial charge in [-0.2, -0.15) is 0 Å². The maximum Gasteiger partial charge on any atom is 0.333 e. The molecular formula is C24H24N4O6. The lowest BCUT2D eigenvalue weighted by Crippen LogP contribution is -2.15. The van der Waals surface area contributed by atoms with Crippen molar-refractivity contribution in [2.75, 3.05) is 27.9 Å². The van der Waals surface area contributed by atoms with E-state index < -0.39 is 0 Å². The zero-order valence-electron chi connectivity index (χ0n) is 19.2. The van der Waals surface area contributed by atoms with Crippen LogP contribution in [0.3, 0.4) is 0 Å². The number of imidazole rings is 1. The number of hydrogen-bond donors (Lipinski definition) is 1. The van der Waals surface area contributed by atoms with Gasteiger partial charge in [0.05, 0.1) is 51.9 Å². The molecule has 2 aromatic heterocycles. The fraction of sp³-hybridized carbons (Fsp3) is 0.250. The van der Waals surface area contributed by atoms with Crippen LogP contribution in [0.5, 0.6) is 17.2 Å². The Morgan fingerprint density at radius 1 is 1.03 bits per heavy atom. The van der Waals surface area contributed by atoms with E-state index in [0.717, 1.165) is 5.56 Å². The predicted molar refractivity (Wildman–Crippen MR) is 125 cm³/mol. The second kappa shape index (κ2) is 9.65. The van der Waals surface area contributed by atoms with E-state index in [4.69, 9.17) is 18.9 Å². The van der Waals surface area contributed by atoms with Gasteiger partial charge in [-0.1, -0.05) is 12.1 Å². The van der Waals surface area contributed by atoms with Crippen molar-refractivity contribution in [2.45, 2.75) is 13.3 Å². The zero-order valence-corrected chi connectivity index (χ0v) is 19.2. The molecule has 2 heterocycles. The van der Waals surface area contributed by atoms with E-state index in [0.29, 0.717) is 52.1 Å². The molecule has 10 heteroatoms. The fourth-order valence-corrected chi connectivity index (χ4v) is 3.63. The van der Waals surface area contributed by atoms with Crippen LogP contribution in [0.4, 0.5) is 0 Å². The van der Waals surface area contributed by atoms with Gasteiger partial charge >= 0.3 is 11.7 Å². The molecule has 0 aliphatic carbocycles. The summed E-state index contributed by atoms with van der Waals surface area (Å²) in [5.74, 6) is 1.12. The lowest BCUT2D eigenvalue weighted by Gasteiger charge is -2.13. The van der Waals surface area contributed by atoms with Crippen LogP contribution in [0.15, 0.2) is 47.4 Å². The van der Waals surface area contributed by atoms with Gasteiger partial charge in [0.25, 0.3) is 0 Å². The van der Waals surface area contributed by atoms with E-state index in [9.17, 15) is 9.59 Å². The van der Waals surface area contributed by atoms with Crippen LogP contribution >= 0.6 is 0 Å². The molecule has 0 aliphatic rings. The number of ether oxygens (including phenoxy) is 4. The maximum absolute atomic E-state index is 12.7. The highest BCUT2D eigenvalue weighted by Gasteiger charge is 2.17. The Kier molecular flexibility index (Phi) is 6.48. The second-order valence-electron chi connectivity index (χ2n) is 7.26. The number of hydrogen-bond acceptors (Lipinski definition) is 8. The molecule has 4 rings (SSSR count). The molecule has 4 aromatic rings. The minimum Gasteiger partial charge on any atom is -0.493 e. The summed E-state index contributed by atoms with van der Waals surface area (Å²) in [5.41, 5.74) is 2.90. The van der Waals surface area contributed by atoms with E-state index in [1.165, 1.54) is 25.9 Å². The van der Waals surface area contributed by atoms with Crippen molar-refractivity contribution in [3.05, 3.63) is 58.6 Å². The summed E-state index contributed by atoms with van der Waals surface area (Å²) in [6, 6.07) is 10.6. The Bertz CT molecular complexity index is 1370. The number of carbonyl (C=O) groups excluding carboxylic acids is 1. The monoisotopic (exact) mass is 464 g/mol. The maximum atomic E-state index is 12.7. The molecule has 0 spiro atoms. The Hall–Kier alpha value is -4.34. The molecule has 34 heavy (non-hydrogen) atoms. The highest BCUT2D eigenvalue weighted by molar-refractivity contribution is 5.75. The van der Waals surface area contributed by atoms with Crippen LogP contribution in [-0.2, 0) is 16.0 Å². The van der Waals surface area contributed by atoms with Gasteiger partial charge in [0.2, 0.25) is 5.75 Å². The van der Waals surface area contributed by atoms with Gasteiger partial charge in [0, 0.05) is 5.56 Å². The Labute approximate surface area is 195 Å². The number of aromatic amines is 1.